The molecule has 1 N–H and O–H groups in total. The van der Waals surface area contributed by atoms with Crippen LogP contribution in [-0.4, -0.2) is 47.6 Å². The highest BCUT2D eigenvalue weighted by molar-refractivity contribution is 7.17. The van der Waals surface area contributed by atoms with Gasteiger partial charge in [0.05, 0.1) is 5.56 Å². The Morgan fingerprint density at radius 3 is 2.55 bits per heavy atom. The summed E-state index contributed by atoms with van der Waals surface area (Å²) in [6.07, 6.45) is 5.93. The molecule has 2 fully saturated rings. The molecular weight excluding hydrogens is 393 g/mol. The first kappa shape index (κ1) is 22.2. The van der Waals surface area contributed by atoms with E-state index in [-0.39, 0.29) is 23.7 Å². The van der Waals surface area contributed by atoms with Gasteiger partial charge in [0.1, 0.15) is 5.82 Å². The van der Waals surface area contributed by atoms with Crippen molar-refractivity contribution in [2.24, 2.45) is 11.8 Å². The number of amides is 2. The maximum absolute atomic E-state index is 13.9. The summed E-state index contributed by atoms with van der Waals surface area (Å²) in [5.74, 6) is 1.75. The van der Waals surface area contributed by atoms with Crippen LogP contribution in [0.3, 0.4) is 0 Å². The van der Waals surface area contributed by atoms with Gasteiger partial charge in [0.15, 0.2) is 0 Å². The van der Waals surface area contributed by atoms with Crippen LogP contribution in [0.15, 0.2) is 18.3 Å². The first-order valence-electron chi connectivity index (χ1n) is 10.6. The van der Waals surface area contributed by atoms with Gasteiger partial charge >= 0.3 is 6.03 Å². The number of rotatable bonds is 4. The van der Waals surface area contributed by atoms with Gasteiger partial charge in [-0.15, -0.1) is 0 Å². The third-order valence-corrected chi connectivity index (χ3v) is 6.69. The van der Waals surface area contributed by atoms with Crippen LogP contribution in [0.25, 0.3) is 0 Å². The fourth-order valence-corrected chi connectivity index (χ4v) is 4.77. The van der Waals surface area contributed by atoms with Crippen LogP contribution >= 0.6 is 9.24 Å². The molecule has 5 nitrogen and oxygen atoms in total. The summed E-state index contributed by atoms with van der Waals surface area (Å²) in [5, 5.41) is 3.20. The molecule has 0 aromatic carbocycles. The lowest BCUT2D eigenvalue weighted by molar-refractivity contribution is 0.103. The largest absolute Gasteiger partial charge is 0.352 e. The molecule has 1 saturated carbocycles. The predicted molar refractivity (Wildman–Crippen MR) is 115 cm³/mol. The molecule has 0 radical (unpaired) electrons. The molecule has 2 heterocycles. The number of urea groups is 1. The number of carbonyl (C=O) groups excluding carboxylic acids is 1. The minimum atomic E-state index is -3.03. The van der Waals surface area contributed by atoms with Crippen molar-refractivity contribution >= 4 is 21.1 Å². The normalized spacial score (nSPS) is 26.0. The number of halogens is 2. The van der Waals surface area contributed by atoms with Gasteiger partial charge in [-0.2, -0.15) is 8.78 Å². The molecular formula is C21H33F2N4OP. The number of alkyl halides is 2. The van der Waals surface area contributed by atoms with Crippen LogP contribution in [0, 0.1) is 11.8 Å². The highest BCUT2D eigenvalue weighted by atomic mass is 31.0. The van der Waals surface area contributed by atoms with E-state index in [2.05, 4.69) is 24.1 Å². The number of hydrogen-bond acceptors (Lipinski definition) is 3. The Hall–Kier alpha value is -1.49. The molecule has 1 aliphatic heterocycles. The van der Waals surface area contributed by atoms with Crippen molar-refractivity contribution in [3.05, 3.63) is 23.9 Å². The molecule has 2 unspecified atom stereocenters. The predicted octanol–water partition coefficient (Wildman–Crippen LogP) is 4.44. The monoisotopic (exact) mass is 426 g/mol. The highest BCUT2D eigenvalue weighted by Gasteiger charge is 2.35. The van der Waals surface area contributed by atoms with E-state index in [9.17, 15) is 13.6 Å². The number of carbonyl (C=O) groups is 1. The van der Waals surface area contributed by atoms with Gasteiger partial charge in [0, 0.05) is 37.9 Å². The molecule has 1 aliphatic carbocycles. The van der Waals surface area contributed by atoms with E-state index in [0.717, 1.165) is 31.6 Å². The van der Waals surface area contributed by atoms with E-state index in [4.69, 9.17) is 0 Å². The molecule has 8 heteroatoms. The van der Waals surface area contributed by atoms with Crippen LogP contribution < -0.4 is 10.2 Å². The third-order valence-electron chi connectivity index (χ3n) is 6.38. The Balaban J connectivity index is 1.58. The molecule has 2 atom stereocenters. The van der Waals surface area contributed by atoms with Crippen molar-refractivity contribution in [1.82, 2.24) is 15.2 Å². The smallest absolute Gasteiger partial charge is 0.317 e. The van der Waals surface area contributed by atoms with Crippen molar-refractivity contribution in [1.29, 1.82) is 0 Å². The lowest BCUT2D eigenvalue weighted by atomic mass is 9.80. The summed E-state index contributed by atoms with van der Waals surface area (Å²) in [4.78, 5) is 20.7. The summed E-state index contributed by atoms with van der Waals surface area (Å²) in [6.45, 7) is 7.96. The fourth-order valence-electron chi connectivity index (χ4n) is 4.55. The summed E-state index contributed by atoms with van der Waals surface area (Å²) in [7, 11) is 1.59. The Bertz CT molecular complexity index is 704. The second-order valence-electron chi connectivity index (χ2n) is 8.79. The standard InChI is InChI=1S/C21H33F2N4OP/c1-14(2)16-6-8-17(9-7-16)25-20(28)27-12-11-26(13-15(27)3)19-18(21(22,23)29)5-4-10-24-19/h4-5,10,14-17H,6-9,11-13,29H2,1-3H3,(H,25,28). The Kier molecular flexibility index (Phi) is 6.98. The zero-order valence-electron chi connectivity index (χ0n) is 17.6. The molecule has 162 valence electrons. The molecule has 0 spiro atoms. The van der Waals surface area contributed by atoms with E-state index in [1.165, 1.54) is 18.3 Å². The Morgan fingerprint density at radius 1 is 1.28 bits per heavy atom. The number of nitrogens with one attached hydrogen (secondary N) is 1. The van der Waals surface area contributed by atoms with Crippen LogP contribution in [0.4, 0.5) is 19.4 Å². The zero-order valence-corrected chi connectivity index (χ0v) is 18.7. The van der Waals surface area contributed by atoms with Crippen LogP contribution in [-0.2, 0) is 5.66 Å². The first-order chi connectivity index (χ1) is 13.7. The Labute approximate surface area is 174 Å². The van der Waals surface area contributed by atoms with Crippen molar-refractivity contribution in [3.63, 3.8) is 0 Å². The number of aromatic nitrogens is 1. The van der Waals surface area contributed by atoms with Gasteiger partial charge in [0.2, 0.25) is 0 Å². The third kappa shape index (κ3) is 5.36. The molecule has 0 bridgehead atoms. The molecule has 2 aliphatic rings. The van der Waals surface area contributed by atoms with Gasteiger partial charge in [-0.3, -0.25) is 0 Å². The minimum Gasteiger partial charge on any atom is -0.352 e. The van der Waals surface area contributed by atoms with E-state index >= 15 is 0 Å². The molecule has 1 aromatic heterocycles. The minimum absolute atomic E-state index is 0.0391. The molecule has 1 aromatic rings. The summed E-state index contributed by atoms with van der Waals surface area (Å²) in [5.41, 5.74) is -3.13. The number of pyridine rings is 1. The SMILES string of the molecule is CC(C)C1CCC(NC(=O)N2CCN(c3ncccc3C(F)(F)P)CC2C)CC1. The van der Waals surface area contributed by atoms with Crippen LogP contribution in [0.1, 0.15) is 52.0 Å². The first-order valence-corrected chi connectivity index (χ1v) is 11.2. The molecule has 3 rings (SSSR count). The van der Waals surface area contributed by atoms with Crippen molar-refractivity contribution in [2.75, 3.05) is 24.5 Å². The van der Waals surface area contributed by atoms with E-state index < -0.39 is 5.66 Å². The van der Waals surface area contributed by atoms with Gasteiger partial charge in [-0.25, -0.2) is 9.78 Å². The number of piperazine rings is 1. The molecule has 2 amide bonds. The summed E-state index contributed by atoms with van der Waals surface area (Å²) < 4.78 is 27.9. The number of nitrogens with zero attached hydrogens (tertiary/aromatic N) is 3. The second kappa shape index (κ2) is 9.11. The number of hydrogen-bond donors (Lipinski definition) is 1. The van der Waals surface area contributed by atoms with E-state index in [1.54, 1.807) is 9.24 Å². The summed E-state index contributed by atoms with van der Waals surface area (Å²) in [6, 6.07) is 3.05. The van der Waals surface area contributed by atoms with Gasteiger partial charge in [-0.1, -0.05) is 23.1 Å². The zero-order chi connectivity index (χ0) is 21.2. The lowest BCUT2D eigenvalue weighted by Gasteiger charge is -2.42. The fraction of sp³-hybridized carbons (Fsp3) is 0.714. The maximum atomic E-state index is 13.9. The van der Waals surface area contributed by atoms with E-state index in [1.807, 2.05) is 16.7 Å². The summed E-state index contributed by atoms with van der Waals surface area (Å²) >= 11 is 0. The molecule has 1 saturated heterocycles. The van der Waals surface area contributed by atoms with Crippen molar-refractivity contribution < 1.29 is 13.6 Å². The van der Waals surface area contributed by atoms with Crippen LogP contribution in [0.2, 0.25) is 0 Å². The second-order valence-corrected chi connectivity index (χ2v) is 9.52. The maximum Gasteiger partial charge on any atom is 0.317 e. The number of anilines is 1. The highest BCUT2D eigenvalue weighted by Crippen LogP contribution is 2.39. The van der Waals surface area contributed by atoms with Crippen LogP contribution in [0.5, 0.6) is 0 Å². The van der Waals surface area contributed by atoms with Gasteiger partial charge < -0.3 is 15.1 Å². The topological polar surface area (TPSA) is 48.5 Å². The average molecular weight is 426 g/mol. The van der Waals surface area contributed by atoms with E-state index in [0.29, 0.717) is 31.4 Å². The van der Waals surface area contributed by atoms with Crippen molar-refractivity contribution in [3.8, 4) is 0 Å². The average Bonchev–Trinajstić information content (AvgIpc) is 2.67. The quantitative estimate of drug-likeness (QED) is 0.724. The van der Waals surface area contributed by atoms with Gasteiger partial charge in [-0.05, 0) is 56.6 Å². The molecule has 29 heavy (non-hydrogen) atoms. The Morgan fingerprint density at radius 2 is 1.97 bits per heavy atom. The van der Waals surface area contributed by atoms with Crippen molar-refractivity contribution in [2.45, 2.75) is 64.2 Å². The lowest BCUT2D eigenvalue weighted by Crippen LogP contribution is -2.58. The van der Waals surface area contributed by atoms with Gasteiger partial charge in [0.25, 0.3) is 5.66 Å².